The van der Waals surface area contributed by atoms with E-state index >= 15 is 0 Å². The summed E-state index contributed by atoms with van der Waals surface area (Å²) >= 11 is 0. The quantitative estimate of drug-likeness (QED) is 0.755. The van der Waals surface area contributed by atoms with Crippen LogP contribution in [-0.4, -0.2) is 71.9 Å². The minimum Gasteiger partial charge on any atom is -0.387 e. The fraction of sp³-hybridized carbons (Fsp3) is 0.826. The van der Waals surface area contributed by atoms with Crippen molar-refractivity contribution in [1.29, 1.82) is 0 Å². The van der Waals surface area contributed by atoms with Gasteiger partial charge in [0, 0.05) is 38.4 Å². The number of nitrogens with zero attached hydrogens (tertiary/aromatic N) is 3. The maximum absolute atomic E-state index is 12.9. The Labute approximate surface area is 169 Å². The monoisotopic (exact) mass is 387 g/mol. The van der Waals surface area contributed by atoms with Crippen LogP contribution in [0.3, 0.4) is 0 Å². The molecular weight excluding hydrogens is 350 g/mol. The molecule has 0 aromatic rings. The van der Waals surface area contributed by atoms with Crippen molar-refractivity contribution in [3.63, 3.8) is 0 Å². The lowest BCUT2D eigenvalue weighted by atomic mass is 9.77. The van der Waals surface area contributed by atoms with Crippen molar-refractivity contribution in [1.82, 2.24) is 9.80 Å². The van der Waals surface area contributed by atoms with Crippen LogP contribution < -0.4 is 0 Å². The molecule has 1 amide bonds. The van der Waals surface area contributed by atoms with Gasteiger partial charge in [-0.2, -0.15) is 0 Å². The third-order valence-electron chi connectivity index (χ3n) is 7.30. The van der Waals surface area contributed by atoms with Gasteiger partial charge in [0.2, 0.25) is 5.91 Å². The molecule has 4 rings (SSSR count). The lowest BCUT2D eigenvalue weighted by Gasteiger charge is -2.45. The van der Waals surface area contributed by atoms with Crippen LogP contribution >= 0.6 is 0 Å². The minimum absolute atomic E-state index is 0.137. The maximum Gasteiger partial charge on any atom is 0.227 e. The van der Waals surface area contributed by atoms with E-state index in [1.807, 2.05) is 4.90 Å². The molecule has 4 aliphatic rings. The average Bonchev–Trinajstić information content (AvgIpc) is 2.75. The van der Waals surface area contributed by atoms with E-state index in [0.717, 1.165) is 32.1 Å². The number of carbonyl (C=O) groups excluding carboxylic acids is 1. The zero-order valence-corrected chi connectivity index (χ0v) is 17.3. The molecule has 0 radical (unpaired) electrons. The van der Waals surface area contributed by atoms with Gasteiger partial charge in [-0.15, -0.1) is 0 Å². The van der Waals surface area contributed by atoms with E-state index in [4.69, 9.17) is 0 Å². The number of piperazine rings is 1. The highest BCUT2D eigenvalue weighted by Crippen LogP contribution is 2.36. The molecule has 0 aromatic carbocycles. The first kappa shape index (κ1) is 20.1. The molecule has 0 aromatic heterocycles. The van der Waals surface area contributed by atoms with Crippen LogP contribution in [0, 0.1) is 11.8 Å². The Morgan fingerprint density at radius 3 is 2.54 bits per heavy atom. The zero-order chi connectivity index (χ0) is 19.3. The topological polar surface area (TPSA) is 56.1 Å². The number of hydrogen-bond acceptors (Lipinski definition) is 4. The lowest BCUT2D eigenvalue weighted by molar-refractivity contribution is -0.138. The third-order valence-corrected chi connectivity index (χ3v) is 7.30. The Hall–Kier alpha value is -1.20. The van der Waals surface area contributed by atoms with Crippen LogP contribution in [-0.2, 0) is 4.79 Å². The molecule has 5 heteroatoms. The Bertz CT molecular complexity index is 589. The fourth-order valence-electron chi connectivity index (χ4n) is 5.81. The van der Waals surface area contributed by atoms with Crippen LogP contribution in [0.5, 0.6) is 0 Å². The highest BCUT2D eigenvalue weighted by molar-refractivity contribution is 5.81. The molecule has 1 saturated carbocycles. The molecular formula is C23H37N3O2. The first-order valence-electron chi connectivity index (χ1n) is 11.6. The fourth-order valence-corrected chi connectivity index (χ4v) is 5.81. The predicted molar refractivity (Wildman–Crippen MR) is 113 cm³/mol. The number of allylic oxidation sites excluding steroid dienone is 1. The number of hydrogen-bond donors (Lipinski definition) is 1. The standard InChI is InChI=1S/C23H37N3O2/c27-21-15-20(16-24-17-21)23(28)26-13-11-25(12-14-26)22(18-7-3-1-4-8-18)19-9-5-2-6-10-19/h7,17,19-22,27H,1-6,8-16H2. The summed E-state index contributed by atoms with van der Waals surface area (Å²) in [6, 6.07) is 0.610. The molecule has 2 aliphatic heterocycles. The second-order valence-corrected chi connectivity index (χ2v) is 9.24. The van der Waals surface area contributed by atoms with Gasteiger partial charge in [-0.3, -0.25) is 14.7 Å². The summed E-state index contributed by atoms with van der Waals surface area (Å²) in [6.45, 7) is 4.16. The van der Waals surface area contributed by atoms with Gasteiger partial charge in [0.25, 0.3) is 0 Å². The predicted octanol–water partition coefficient (Wildman–Crippen LogP) is 3.03. The van der Waals surface area contributed by atoms with Crippen molar-refractivity contribution in [3.8, 4) is 0 Å². The number of rotatable bonds is 4. The largest absolute Gasteiger partial charge is 0.387 e. The van der Waals surface area contributed by atoms with E-state index in [-0.39, 0.29) is 11.8 Å². The van der Waals surface area contributed by atoms with E-state index in [0.29, 0.717) is 19.0 Å². The van der Waals surface area contributed by atoms with Crippen LogP contribution in [0.1, 0.15) is 64.2 Å². The van der Waals surface area contributed by atoms with Gasteiger partial charge in [0.05, 0.1) is 18.6 Å². The number of amides is 1. The van der Waals surface area contributed by atoms with E-state index in [1.54, 1.807) is 11.8 Å². The van der Waals surface area contributed by atoms with Crippen molar-refractivity contribution < 1.29 is 9.90 Å². The van der Waals surface area contributed by atoms with Crippen molar-refractivity contribution in [2.45, 2.75) is 76.4 Å². The van der Waals surface area contributed by atoms with Crippen molar-refractivity contribution in [2.24, 2.45) is 16.8 Å². The van der Waals surface area contributed by atoms with E-state index in [2.05, 4.69) is 16.0 Å². The summed E-state index contributed by atoms with van der Waals surface area (Å²) < 4.78 is 0. The van der Waals surface area contributed by atoms with Gasteiger partial charge >= 0.3 is 0 Å². The first-order chi connectivity index (χ1) is 13.7. The smallest absolute Gasteiger partial charge is 0.227 e. The molecule has 3 unspecified atom stereocenters. The maximum atomic E-state index is 12.9. The Morgan fingerprint density at radius 2 is 1.86 bits per heavy atom. The molecule has 2 fully saturated rings. The van der Waals surface area contributed by atoms with Crippen LogP contribution in [0.15, 0.2) is 16.6 Å². The van der Waals surface area contributed by atoms with Crippen molar-refractivity contribution >= 4 is 12.1 Å². The molecule has 3 atom stereocenters. The zero-order valence-electron chi connectivity index (χ0n) is 17.3. The molecule has 2 heterocycles. The average molecular weight is 388 g/mol. The summed E-state index contributed by atoms with van der Waals surface area (Å²) in [5.41, 5.74) is 1.70. The number of aliphatic imine (C=N–C) groups is 1. The normalized spacial score (nSPS) is 31.5. The number of aliphatic hydroxyl groups excluding tert-OH is 1. The van der Waals surface area contributed by atoms with Gasteiger partial charge < -0.3 is 10.0 Å². The van der Waals surface area contributed by atoms with Gasteiger partial charge in [-0.05, 0) is 50.9 Å². The van der Waals surface area contributed by atoms with E-state index < -0.39 is 6.10 Å². The molecule has 0 spiro atoms. The minimum atomic E-state index is -0.557. The summed E-state index contributed by atoms with van der Waals surface area (Å²) in [5, 5.41) is 9.80. The van der Waals surface area contributed by atoms with Crippen LogP contribution in [0.4, 0.5) is 0 Å². The second-order valence-electron chi connectivity index (χ2n) is 9.24. The molecule has 28 heavy (non-hydrogen) atoms. The molecule has 5 nitrogen and oxygen atoms in total. The molecule has 1 N–H and O–H groups in total. The van der Waals surface area contributed by atoms with Crippen molar-refractivity contribution in [2.75, 3.05) is 32.7 Å². The Balaban J connectivity index is 1.39. The lowest BCUT2D eigenvalue weighted by Crippen LogP contribution is -2.55. The Morgan fingerprint density at radius 1 is 1.07 bits per heavy atom. The first-order valence-corrected chi connectivity index (χ1v) is 11.6. The Kier molecular flexibility index (Phi) is 6.84. The van der Waals surface area contributed by atoms with Gasteiger partial charge in [-0.1, -0.05) is 30.9 Å². The highest BCUT2D eigenvalue weighted by atomic mass is 16.3. The van der Waals surface area contributed by atoms with Gasteiger partial charge in [0.1, 0.15) is 0 Å². The molecule has 156 valence electrons. The van der Waals surface area contributed by atoms with Gasteiger partial charge in [0.15, 0.2) is 0 Å². The van der Waals surface area contributed by atoms with E-state index in [9.17, 15) is 9.90 Å². The van der Waals surface area contributed by atoms with Crippen LogP contribution in [0.25, 0.3) is 0 Å². The van der Waals surface area contributed by atoms with Crippen LogP contribution in [0.2, 0.25) is 0 Å². The van der Waals surface area contributed by atoms with Crippen molar-refractivity contribution in [3.05, 3.63) is 11.6 Å². The molecule has 1 saturated heterocycles. The molecule has 2 aliphatic carbocycles. The highest BCUT2D eigenvalue weighted by Gasteiger charge is 2.36. The number of aliphatic hydroxyl groups is 1. The summed E-state index contributed by atoms with van der Waals surface area (Å²) in [5.74, 6) is 0.867. The SMILES string of the molecule is O=C(C1CN=CC(O)C1)N1CCN(C(C2=CCCCC2)C2CCCCC2)CC1. The molecule has 0 bridgehead atoms. The van der Waals surface area contributed by atoms with E-state index in [1.165, 1.54) is 57.8 Å². The van der Waals surface area contributed by atoms with Gasteiger partial charge in [-0.25, -0.2) is 0 Å². The summed E-state index contributed by atoms with van der Waals surface area (Å²) in [4.78, 5) is 21.8. The summed E-state index contributed by atoms with van der Waals surface area (Å²) in [7, 11) is 0. The third kappa shape index (κ3) is 4.68. The second kappa shape index (κ2) is 9.53. The summed E-state index contributed by atoms with van der Waals surface area (Å²) in [6.07, 6.45) is 16.2. The number of carbonyl (C=O) groups is 1.